The Labute approximate surface area is 104 Å². The fourth-order valence-corrected chi connectivity index (χ4v) is 2.06. The average molecular weight is 263 g/mol. The van der Waals surface area contributed by atoms with Gasteiger partial charge in [-0.1, -0.05) is 13.8 Å². The zero-order chi connectivity index (χ0) is 13.6. The third-order valence-corrected chi connectivity index (χ3v) is 4.16. The number of carbonyl (C=O) groups is 2. The number of hydrogen-bond acceptors (Lipinski definition) is 3. The van der Waals surface area contributed by atoms with E-state index in [9.17, 15) is 13.8 Å². The van der Waals surface area contributed by atoms with Crippen molar-refractivity contribution in [3.8, 4) is 0 Å². The van der Waals surface area contributed by atoms with E-state index in [1.807, 2.05) is 20.8 Å². The van der Waals surface area contributed by atoms with Gasteiger partial charge >= 0.3 is 5.97 Å². The van der Waals surface area contributed by atoms with Gasteiger partial charge in [0, 0.05) is 21.6 Å². The van der Waals surface area contributed by atoms with Crippen LogP contribution in [0.25, 0.3) is 0 Å². The molecule has 17 heavy (non-hydrogen) atoms. The van der Waals surface area contributed by atoms with Crippen LogP contribution in [-0.2, 0) is 20.4 Å². The predicted octanol–water partition coefficient (Wildman–Crippen LogP) is 0.903. The molecular formula is C11H21NO4S. The zero-order valence-corrected chi connectivity index (χ0v) is 11.6. The molecule has 2 atom stereocenters. The average Bonchev–Trinajstić information content (AvgIpc) is 2.15. The molecule has 1 amide bonds. The van der Waals surface area contributed by atoms with Crippen LogP contribution in [-0.4, -0.2) is 37.7 Å². The molecule has 0 aromatic carbocycles. The maximum Gasteiger partial charge on any atom is 0.304 e. The number of hydrogen-bond donors (Lipinski definition) is 2. The standard InChI is InChI=1S/C11H21NO4S/c1-5-11(3,4)12-9(13)7-17(16)8(2)6-10(14)15/h8H,5-7H2,1-4H3,(H,12,13)(H,14,15). The van der Waals surface area contributed by atoms with E-state index in [2.05, 4.69) is 5.32 Å². The van der Waals surface area contributed by atoms with Crippen LogP contribution in [0.2, 0.25) is 0 Å². The number of amides is 1. The maximum absolute atomic E-state index is 11.7. The molecule has 0 aliphatic carbocycles. The van der Waals surface area contributed by atoms with Crippen LogP contribution >= 0.6 is 0 Å². The van der Waals surface area contributed by atoms with Crippen molar-refractivity contribution in [1.29, 1.82) is 0 Å². The van der Waals surface area contributed by atoms with Gasteiger partial charge in [0.2, 0.25) is 5.91 Å². The van der Waals surface area contributed by atoms with Crippen molar-refractivity contribution in [2.45, 2.75) is 51.3 Å². The molecule has 0 saturated heterocycles. The summed E-state index contributed by atoms with van der Waals surface area (Å²) >= 11 is 0. The number of rotatable bonds is 7. The maximum atomic E-state index is 11.7. The van der Waals surface area contributed by atoms with Crippen molar-refractivity contribution >= 4 is 22.7 Å². The lowest BCUT2D eigenvalue weighted by Crippen LogP contribution is -2.45. The Balaban J connectivity index is 4.21. The van der Waals surface area contributed by atoms with Crippen LogP contribution in [0, 0.1) is 0 Å². The minimum absolute atomic E-state index is 0.141. The highest BCUT2D eigenvalue weighted by atomic mass is 32.2. The van der Waals surface area contributed by atoms with Crippen LogP contribution in [0.15, 0.2) is 0 Å². The summed E-state index contributed by atoms with van der Waals surface area (Å²) in [6, 6.07) is 0. The van der Waals surface area contributed by atoms with Crippen LogP contribution in [0.5, 0.6) is 0 Å². The van der Waals surface area contributed by atoms with Crippen LogP contribution < -0.4 is 5.32 Å². The SMILES string of the molecule is CCC(C)(C)NC(=O)CS(=O)C(C)CC(=O)O. The Morgan fingerprint density at radius 3 is 2.35 bits per heavy atom. The Kier molecular flexibility index (Phi) is 6.37. The second-order valence-corrected chi connectivity index (χ2v) is 6.57. The highest BCUT2D eigenvalue weighted by molar-refractivity contribution is 7.86. The molecule has 2 N–H and O–H groups in total. The Morgan fingerprint density at radius 2 is 1.94 bits per heavy atom. The first-order valence-corrected chi connectivity index (χ1v) is 6.96. The van der Waals surface area contributed by atoms with E-state index in [0.717, 1.165) is 6.42 Å². The van der Waals surface area contributed by atoms with Crippen LogP contribution in [0.1, 0.15) is 40.5 Å². The number of carboxylic acid groups (broad SMARTS) is 1. The lowest BCUT2D eigenvalue weighted by atomic mass is 10.0. The summed E-state index contributed by atoms with van der Waals surface area (Å²) in [5, 5.41) is 10.8. The quantitative estimate of drug-likeness (QED) is 0.715. The van der Waals surface area contributed by atoms with Crippen molar-refractivity contribution in [3.63, 3.8) is 0 Å². The molecule has 2 unspecified atom stereocenters. The molecule has 0 fully saturated rings. The second kappa shape index (κ2) is 6.74. The first-order chi connectivity index (χ1) is 7.68. The molecule has 0 aliphatic rings. The minimum atomic E-state index is -1.44. The fraction of sp³-hybridized carbons (Fsp3) is 0.818. The molecule has 0 radical (unpaired) electrons. The predicted molar refractivity (Wildman–Crippen MR) is 67.2 cm³/mol. The van der Waals surface area contributed by atoms with E-state index in [1.165, 1.54) is 0 Å². The van der Waals surface area contributed by atoms with Gasteiger partial charge in [-0.3, -0.25) is 13.8 Å². The molecule has 0 aromatic rings. The molecule has 5 nitrogen and oxygen atoms in total. The molecule has 0 spiro atoms. The zero-order valence-electron chi connectivity index (χ0n) is 10.8. The third kappa shape index (κ3) is 7.10. The van der Waals surface area contributed by atoms with Gasteiger partial charge < -0.3 is 10.4 Å². The molecule has 0 heterocycles. The smallest absolute Gasteiger partial charge is 0.304 e. The number of carbonyl (C=O) groups excluding carboxylic acids is 1. The first-order valence-electron chi connectivity index (χ1n) is 5.58. The third-order valence-electron chi connectivity index (χ3n) is 2.55. The fourth-order valence-electron chi connectivity index (χ4n) is 1.11. The normalized spacial score (nSPS) is 15.1. The summed E-state index contributed by atoms with van der Waals surface area (Å²) < 4.78 is 11.7. The Hall–Kier alpha value is -0.910. The monoisotopic (exact) mass is 263 g/mol. The molecule has 0 bridgehead atoms. The number of nitrogens with one attached hydrogen (secondary N) is 1. The van der Waals surface area contributed by atoms with Gasteiger partial charge in [-0.2, -0.15) is 0 Å². The summed E-state index contributed by atoms with van der Waals surface area (Å²) in [5.74, 6) is -1.44. The number of aliphatic carboxylic acids is 1. The van der Waals surface area contributed by atoms with Crippen molar-refractivity contribution in [1.82, 2.24) is 5.32 Å². The molecule has 6 heteroatoms. The van der Waals surface area contributed by atoms with E-state index in [4.69, 9.17) is 5.11 Å². The van der Waals surface area contributed by atoms with E-state index < -0.39 is 22.0 Å². The Bertz CT molecular complexity index is 315. The molecule has 0 aliphatic heterocycles. The molecule has 0 saturated carbocycles. The lowest BCUT2D eigenvalue weighted by molar-refractivity contribution is -0.137. The van der Waals surface area contributed by atoms with Crippen molar-refractivity contribution in [2.75, 3.05) is 5.75 Å². The summed E-state index contributed by atoms with van der Waals surface area (Å²) in [4.78, 5) is 22.0. The van der Waals surface area contributed by atoms with Crippen molar-refractivity contribution in [3.05, 3.63) is 0 Å². The summed E-state index contributed by atoms with van der Waals surface area (Å²) in [7, 11) is -1.44. The van der Waals surface area contributed by atoms with Gasteiger partial charge in [-0.25, -0.2) is 0 Å². The first kappa shape index (κ1) is 16.1. The highest BCUT2D eigenvalue weighted by Crippen LogP contribution is 2.07. The van der Waals surface area contributed by atoms with Gasteiger partial charge in [-0.05, 0) is 20.3 Å². The second-order valence-electron chi connectivity index (χ2n) is 4.72. The Morgan fingerprint density at radius 1 is 1.41 bits per heavy atom. The van der Waals surface area contributed by atoms with Crippen molar-refractivity contribution in [2.24, 2.45) is 0 Å². The van der Waals surface area contributed by atoms with E-state index in [1.54, 1.807) is 6.92 Å². The topological polar surface area (TPSA) is 83.5 Å². The van der Waals surface area contributed by atoms with E-state index in [-0.39, 0.29) is 23.6 Å². The van der Waals surface area contributed by atoms with Gasteiger partial charge in [0.25, 0.3) is 0 Å². The lowest BCUT2D eigenvalue weighted by Gasteiger charge is -2.24. The molecule has 0 rings (SSSR count). The van der Waals surface area contributed by atoms with E-state index in [0.29, 0.717) is 0 Å². The molecular weight excluding hydrogens is 242 g/mol. The number of carboxylic acids is 1. The van der Waals surface area contributed by atoms with Crippen molar-refractivity contribution < 1.29 is 18.9 Å². The highest BCUT2D eigenvalue weighted by Gasteiger charge is 2.22. The summed E-state index contributed by atoms with van der Waals surface area (Å²) in [6.07, 6.45) is 0.590. The molecule has 0 aromatic heterocycles. The van der Waals surface area contributed by atoms with Gasteiger partial charge in [0.1, 0.15) is 5.75 Å². The van der Waals surface area contributed by atoms with Gasteiger partial charge in [0.15, 0.2) is 0 Å². The largest absolute Gasteiger partial charge is 0.481 e. The van der Waals surface area contributed by atoms with Crippen LogP contribution in [0.4, 0.5) is 0 Å². The van der Waals surface area contributed by atoms with Gasteiger partial charge in [0.05, 0.1) is 6.42 Å². The molecule has 100 valence electrons. The summed E-state index contributed by atoms with van der Waals surface area (Å²) in [6.45, 7) is 7.29. The summed E-state index contributed by atoms with van der Waals surface area (Å²) in [5.41, 5.74) is -0.322. The van der Waals surface area contributed by atoms with Gasteiger partial charge in [-0.15, -0.1) is 0 Å². The van der Waals surface area contributed by atoms with E-state index >= 15 is 0 Å². The minimum Gasteiger partial charge on any atom is -0.481 e. The van der Waals surface area contributed by atoms with Crippen LogP contribution in [0.3, 0.4) is 0 Å².